The molecule has 0 radical (unpaired) electrons. The summed E-state index contributed by atoms with van der Waals surface area (Å²) in [6.45, 7) is 0.942. The van der Waals surface area contributed by atoms with Crippen LogP contribution in [0.5, 0.6) is 0 Å². The Labute approximate surface area is 93.8 Å². The molecule has 0 amide bonds. The maximum Gasteiger partial charge on any atom is 0.331 e. The normalized spacial score (nSPS) is 10.9. The molecular formula is C10H16O6. The highest BCUT2D eigenvalue weighted by molar-refractivity contribution is 5.90. The monoisotopic (exact) mass is 232 g/mol. The molecule has 0 aromatic heterocycles. The molecule has 0 fully saturated rings. The first-order chi connectivity index (χ1) is 7.60. The summed E-state index contributed by atoms with van der Waals surface area (Å²) in [6.07, 6.45) is 1.59. The van der Waals surface area contributed by atoms with Crippen molar-refractivity contribution in [3.8, 4) is 0 Å². The molecule has 0 unspecified atom stereocenters. The maximum absolute atomic E-state index is 11.0. The van der Waals surface area contributed by atoms with Crippen LogP contribution in [0.1, 0.15) is 0 Å². The van der Waals surface area contributed by atoms with E-state index in [4.69, 9.17) is 19.3 Å². The molecule has 0 atom stereocenters. The smallest absolute Gasteiger partial charge is 0.331 e. The number of carbonyl (C=O) groups is 2. The topological polar surface area (TPSA) is 82.1 Å². The summed E-state index contributed by atoms with van der Waals surface area (Å²) in [7, 11) is 3.07. The lowest BCUT2D eigenvalue weighted by Gasteiger charge is -2.14. The second kappa shape index (κ2) is 8.87. The van der Waals surface area contributed by atoms with Crippen molar-refractivity contribution in [2.24, 2.45) is 5.92 Å². The Morgan fingerprint density at radius 3 is 2.12 bits per heavy atom. The van der Waals surface area contributed by atoms with Gasteiger partial charge in [0, 0.05) is 32.3 Å². The van der Waals surface area contributed by atoms with E-state index in [-0.39, 0.29) is 12.5 Å². The summed E-state index contributed by atoms with van der Waals surface area (Å²) in [6, 6.07) is 0. The molecule has 0 aliphatic heterocycles. The van der Waals surface area contributed by atoms with Gasteiger partial charge in [-0.05, 0) is 0 Å². The van der Waals surface area contributed by atoms with Crippen molar-refractivity contribution in [3.63, 3.8) is 0 Å². The quantitative estimate of drug-likeness (QED) is 0.471. The highest BCUT2D eigenvalue weighted by Crippen LogP contribution is 1.99. The number of carboxylic acids is 1. The van der Waals surface area contributed by atoms with Gasteiger partial charge in [-0.3, -0.25) is 0 Å². The molecule has 0 aromatic carbocycles. The number of aliphatic carboxylic acids is 1. The number of esters is 1. The molecule has 16 heavy (non-hydrogen) atoms. The summed E-state index contributed by atoms with van der Waals surface area (Å²) in [5.41, 5.74) is 0. The lowest BCUT2D eigenvalue weighted by molar-refractivity contribution is -0.141. The molecule has 92 valence electrons. The van der Waals surface area contributed by atoms with Crippen LogP contribution in [0.4, 0.5) is 0 Å². The van der Waals surface area contributed by atoms with Crippen molar-refractivity contribution in [2.45, 2.75) is 0 Å². The maximum atomic E-state index is 11.0. The molecule has 0 aliphatic rings. The van der Waals surface area contributed by atoms with Gasteiger partial charge in [0.1, 0.15) is 0 Å². The molecular weight excluding hydrogens is 216 g/mol. The van der Waals surface area contributed by atoms with Crippen molar-refractivity contribution in [1.29, 1.82) is 0 Å². The van der Waals surface area contributed by atoms with E-state index in [0.29, 0.717) is 13.2 Å². The minimum atomic E-state index is -1.19. The zero-order valence-corrected chi connectivity index (χ0v) is 9.34. The summed E-state index contributed by atoms with van der Waals surface area (Å²) < 4.78 is 14.6. The third-order valence-electron chi connectivity index (χ3n) is 1.63. The Hall–Kier alpha value is -1.40. The highest BCUT2D eigenvalue weighted by atomic mass is 16.5. The molecule has 0 saturated heterocycles. The number of rotatable bonds is 8. The fraction of sp³-hybridized carbons (Fsp3) is 0.600. The van der Waals surface area contributed by atoms with Gasteiger partial charge >= 0.3 is 11.9 Å². The van der Waals surface area contributed by atoms with Crippen LogP contribution in [-0.4, -0.2) is 51.1 Å². The summed E-state index contributed by atoms with van der Waals surface area (Å²) in [4.78, 5) is 21.1. The van der Waals surface area contributed by atoms with Crippen molar-refractivity contribution in [3.05, 3.63) is 12.2 Å². The van der Waals surface area contributed by atoms with Crippen LogP contribution in [-0.2, 0) is 23.8 Å². The molecule has 6 heteroatoms. The molecule has 0 aliphatic carbocycles. The average molecular weight is 232 g/mol. The van der Waals surface area contributed by atoms with Gasteiger partial charge in [0.05, 0.1) is 19.8 Å². The fourth-order valence-corrected chi connectivity index (χ4v) is 1.00. The lowest BCUT2D eigenvalue weighted by atomic mass is 10.2. The predicted octanol–water partition coefficient (Wildman–Crippen LogP) is 0.0794. The Bertz CT molecular complexity index is 242. The Morgan fingerprint density at radius 1 is 1.12 bits per heavy atom. The SMILES string of the molecule is COCC(COC)COC(=O)C=CC(=O)O. The Morgan fingerprint density at radius 2 is 1.69 bits per heavy atom. The molecule has 0 spiro atoms. The van der Waals surface area contributed by atoms with E-state index in [2.05, 4.69) is 0 Å². The average Bonchev–Trinajstić information content (AvgIpc) is 2.23. The third-order valence-corrected chi connectivity index (χ3v) is 1.63. The number of hydrogen-bond acceptors (Lipinski definition) is 5. The Balaban J connectivity index is 3.90. The Kier molecular flexibility index (Phi) is 8.10. The lowest BCUT2D eigenvalue weighted by Crippen LogP contribution is -2.22. The molecule has 0 saturated carbocycles. The van der Waals surface area contributed by atoms with Gasteiger partial charge in [-0.1, -0.05) is 0 Å². The van der Waals surface area contributed by atoms with E-state index in [0.717, 1.165) is 12.2 Å². The van der Waals surface area contributed by atoms with E-state index in [1.165, 1.54) is 14.2 Å². The van der Waals surface area contributed by atoms with Crippen LogP contribution < -0.4 is 0 Å². The van der Waals surface area contributed by atoms with Crippen LogP contribution in [0.15, 0.2) is 12.2 Å². The van der Waals surface area contributed by atoms with Gasteiger partial charge in [-0.15, -0.1) is 0 Å². The number of hydrogen-bond donors (Lipinski definition) is 1. The van der Waals surface area contributed by atoms with E-state index < -0.39 is 11.9 Å². The van der Waals surface area contributed by atoms with Crippen molar-refractivity contribution in [2.75, 3.05) is 34.0 Å². The number of carbonyl (C=O) groups excluding carboxylic acids is 1. The van der Waals surface area contributed by atoms with Crippen molar-refractivity contribution < 1.29 is 28.9 Å². The zero-order chi connectivity index (χ0) is 12.4. The largest absolute Gasteiger partial charge is 0.478 e. The van der Waals surface area contributed by atoms with Gasteiger partial charge in [0.2, 0.25) is 0 Å². The first-order valence-electron chi connectivity index (χ1n) is 4.65. The second-order valence-electron chi connectivity index (χ2n) is 3.08. The van der Waals surface area contributed by atoms with Crippen LogP contribution in [0.3, 0.4) is 0 Å². The first-order valence-corrected chi connectivity index (χ1v) is 4.65. The number of ether oxygens (including phenoxy) is 3. The third kappa shape index (κ3) is 7.95. The molecule has 1 N–H and O–H groups in total. The zero-order valence-electron chi connectivity index (χ0n) is 9.34. The van der Waals surface area contributed by atoms with E-state index in [1.54, 1.807) is 0 Å². The van der Waals surface area contributed by atoms with Gasteiger partial charge in [0.15, 0.2) is 0 Å². The highest BCUT2D eigenvalue weighted by Gasteiger charge is 2.10. The minimum Gasteiger partial charge on any atom is -0.478 e. The first kappa shape index (κ1) is 14.6. The number of carboxylic acid groups (broad SMARTS) is 1. The second-order valence-corrected chi connectivity index (χ2v) is 3.08. The molecule has 0 aromatic rings. The standard InChI is InChI=1S/C10H16O6/c1-14-5-8(6-15-2)7-16-10(13)4-3-9(11)12/h3-4,8H,5-7H2,1-2H3,(H,11,12). The van der Waals surface area contributed by atoms with Crippen molar-refractivity contribution in [1.82, 2.24) is 0 Å². The minimum absolute atomic E-state index is 0.0582. The molecule has 0 bridgehead atoms. The van der Waals surface area contributed by atoms with E-state index in [1.807, 2.05) is 0 Å². The van der Waals surface area contributed by atoms with Gasteiger partial charge < -0.3 is 19.3 Å². The molecule has 0 rings (SSSR count). The van der Waals surface area contributed by atoms with Crippen LogP contribution in [0.2, 0.25) is 0 Å². The molecule has 6 nitrogen and oxygen atoms in total. The van der Waals surface area contributed by atoms with Gasteiger partial charge in [-0.2, -0.15) is 0 Å². The fourth-order valence-electron chi connectivity index (χ4n) is 1.00. The molecule has 0 heterocycles. The van der Waals surface area contributed by atoms with Crippen LogP contribution in [0.25, 0.3) is 0 Å². The summed E-state index contributed by atoms with van der Waals surface area (Å²) >= 11 is 0. The number of methoxy groups -OCH3 is 2. The summed E-state index contributed by atoms with van der Waals surface area (Å²) in [5.74, 6) is -1.95. The van der Waals surface area contributed by atoms with Gasteiger partial charge in [0.25, 0.3) is 0 Å². The van der Waals surface area contributed by atoms with Crippen LogP contribution >= 0.6 is 0 Å². The van der Waals surface area contributed by atoms with Crippen molar-refractivity contribution >= 4 is 11.9 Å². The predicted molar refractivity (Wildman–Crippen MR) is 55.0 cm³/mol. The van der Waals surface area contributed by atoms with E-state index in [9.17, 15) is 9.59 Å². The van der Waals surface area contributed by atoms with E-state index >= 15 is 0 Å². The van der Waals surface area contributed by atoms with Gasteiger partial charge in [-0.25, -0.2) is 9.59 Å². The van der Waals surface area contributed by atoms with Crippen LogP contribution in [0, 0.1) is 5.92 Å². The summed E-state index contributed by atoms with van der Waals surface area (Å²) in [5, 5.41) is 8.27.